The lowest BCUT2D eigenvalue weighted by molar-refractivity contribution is 0.0815. The number of likely N-dealkylation sites (N-methyl/N-ethyl adjacent to an activating group) is 1. The molecule has 0 radical (unpaired) electrons. The summed E-state index contributed by atoms with van der Waals surface area (Å²) in [7, 11) is 5.44. The number of amides is 1. The van der Waals surface area contributed by atoms with E-state index in [4.69, 9.17) is 0 Å². The lowest BCUT2D eigenvalue weighted by Crippen LogP contribution is -2.30. The van der Waals surface area contributed by atoms with Crippen LogP contribution in [0.1, 0.15) is 30.3 Å². The summed E-state index contributed by atoms with van der Waals surface area (Å²) in [6.45, 7) is 6.51. The van der Waals surface area contributed by atoms with Gasteiger partial charge in [-0.1, -0.05) is 13.8 Å². The molecule has 96 valence electrons. The van der Waals surface area contributed by atoms with E-state index in [2.05, 4.69) is 15.0 Å². The number of hydrogen-bond acceptors (Lipinski definition) is 4. The van der Waals surface area contributed by atoms with Crippen molar-refractivity contribution in [1.29, 1.82) is 0 Å². The van der Waals surface area contributed by atoms with Crippen molar-refractivity contribution >= 4 is 5.91 Å². The SMILES string of the molecule is CC.CN1CCn2nc(C(=O)N(C)C)nc2C1. The van der Waals surface area contributed by atoms with Gasteiger partial charge < -0.3 is 4.90 Å². The van der Waals surface area contributed by atoms with E-state index >= 15 is 0 Å². The zero-order chi connectivity index (χ0) is 13.0. The average Bonchev–Trinajstić information content (AvgIpc) is 2.73. The summed E-state index contributed by atoms with van der Waals surface area (Å²) in [5.41, 5.74) is 0. The van der Waals surface area contributed by atoms with Crippen LogP contribution in [0.15, 0.2) is 0 Å². The van der Waals surface area contributed by atoms with Gasteiger partial charge in [-0.15, -0.1) is 5.10 Å². The molecule has 0 unspecified atom stereocenters. The van der Waals surface area contributed by atoms with Gasteiger partial charge in [0.25, 0.3) is 5.91 Å². The molecule has 6 heteroatoms. The Labute approximate surface area is 102 Å². The van der Waals surface area contributed by atoms with Gasteiger partial charge in [0.1, 0.15) is 5.82 Å². The van der Waals surface area contributed by atoms with Crippen LogP contribution in [0.25, 0.3) is 0 Å². The molecule has 1 aliphatic heterocycles. The molecule has 17 heavy (non-hydrogen) atoms. The molecule has 2 heterocycles. The van der Waals surface area contributed by atoms with Gasteiger partial charge in [0.2, 0.25) is 5.82 Å². The molecule has 0 saturated heterocycles. The Bertz CT molecular complexity index is 385. The van der Waals surface area contributed by atoms with Crippen molar-refractivity contribution in [3.63, 3.8) is 0 Å². The third-order valence-corrected chi connectivity index (χ3v) is 2.45. The smallest absolute Gasteiger partial charge is 0.293 e. The highest BCUT2D eigenvalue weighted by Gasteiger charge is 2.21. The van der Waals surface area contributed by atoms with Gasteiger partial charge in [0.05, 0.1) is 13.1 Å². The van der Waals surface area contributed by atoms with Gasteiger partial charge >= 0.3 is 0 Å². The van der Waals surface area contributed by atoms with Crippen LogP contribution in [0.2, 0.25) is 0 Å². The number of nitrogens with zero attached hydrogens (tertiary/aromatic N) is 5. The Morgan fingerprint density at radius 3 is 2.53 bits per heavy atom. The van der Waals surface area contributed by atoms with E-state index in [1.807, 2.05) is 25.6 Å². The Balaban J connectivity index is 0.000000686. The molecule has 0 saturated carbocycles. The number of hydrogen-bond donors (Lipinski definition) is 0. The predicted molar refractivity (Wildman–Crippen MR) is 65.7 cm³/mol. The van der Waals surface area contributed by atoms with E-state index in [1.54, 1.807) is 14.1 Å². The van der Waals surface area contributed by atoms with Gasteiger partial charge in [0.15, 0.2) is 0 Å². The minimum atomic E-state index is -0.139. The minimum absolute atomic E-state index is 0.139. The van der Waals surface area contributed by atoms with Gasteiger partial charge in [0, 0.05) is 20.6 Å². The summed E-state index contributed by atoms with van der Waals surface area (Å²) in [5, 5.41) is 4.19. The molecule has 1 aromatic heterocycles. The van der Waals surface area contributed by atoms with Gasteiger partial charge in [-0.3, -0.25) is 9.69 Å². The number of fused-ring (bicyclic) bond motifs is 1. The van der Waals surface area contributed by atoms with Gasteiger partial charge in [-0.2, -0.15) is 0 Å². The van der Waals surface area contributed by atoms with Crippen molar-refractivity contribution in [2.45, 2.75) is 26.9 Å². The highest BCUT2D eigenvalue weighted by molar-refractivity contribution is 5.89. The molecule has 1 aliphatic rings. The normalized spacial score (nSPS) is 14.6. The fourth-order valence-electron chi connectivity index (χ4n) is 1.55. The number of aromatic nitrogens is 3. The molecule has 1 amide bonds. The lowest BCUT2D eigenvalue weighted by atomic mass is 10.4. The van der Waals surface area contributed by atoms with Crippen molar-refractivity contribution in [3.8, 4) is 0 Å². The fourth-order valence-corrected chi connectivity index (χ4v) is 1.55. The maximum absolute atomic E-state index is 11.6. The van der Waals surface area contributed by atoms with E-state index in [1.165, 1.54) is 4.90 Å². The van der Waals surface area contributed by atoms with Crippen molar-refractivity contribution in [2.24, 2.45) is 0 Å². The molecule has 1 aromatic rings. The Hall–Kier alpha value is -1.43. The quantitative estimate of drug-likeness (QED) is 0.714. The number of carbonyl (C=O) groups excluding carboxylic acids is 1. The molecular formula is C11H21N5O. The van der Waals surface area contributed by atoms with Crippen LogP contribution < -0.4 is 0 Å². The first kappa shape index (κ1) is 13.6. The second-order valence-electron chi connectivity index (χ2n) is 4.01. The second-order valence-corrected chi connectivity index (χ2v) is 4.01. The highest BCUT2D eigenvalue weighted by Crippen LogP contribution is 2.08. The zero-order valence-corrected chi connectivity index (χ0v) is 11.3. The highest BCUT2D eigenvalue weighted by atomic mass is 16.2. The zero-order valence-electron chi connectivity index (χ0n) is 11.3. The molecule has 0 atom stereocenters. The number of carbonyl (C=O) groups is 1. The molecular weight excluding hydrogens is 218 g/mol. The monoisotopic (exact) mass is 239 g/mol. The van der Waals surface area contributed by atoms with Crippen LogP contribution in [0, 0.1) is 0 Å². The van der Waals surface area contributed by atoms with Crippen molar-refractivity contribution in [3.05, 3.63) is 11.6 Å². The fraction of sp³-hybridized carbons (Fsp3) is 0.727. The summed E-state index contributed by atoms with van der Waals surface area (Å²) in [6.07, 6.45) is 0. The molecule has 0 N–H and O–H groups in total. The third-order valence-electron chi connectivity index (χ3n) is 2.45. The van der Waals surface area contributed by atoms with E-state index in [9.17, 15) is 4.79 Å². The average molecular weight is 239 g/mol. The predicted octanol–water partition coefficient (Wildman–Crippen LogP) is 0.452. The van der Waals surface area contributed by atoms with Crippen LogP contribution in [-0.4, -0.2) is 58.2 Å². The molecule has 0 bridgehead atoms. The first-order valence-corrected chi connectivity index (χ1v) is 5.92. The molecule has 0 aliphatic carbocycles. The summed E-state index contributed by atoms with van der Waals surface area (Å²) in [5.74, 6) is 1.03. The van der Waals surface area contributed by atoms with Crippen LogP contribution in [0.3, 0.4) is 0 Å². The van der Waals surface area contributed by atoms with E-state index < -0.39 is 0 Å². The van der Waals surface area contributed by atoms with Gasteiger partial charge in [-0.05, 0) is 7.05 Å². The molecule has 0 aromatic carbocycles. The Kier molecular flexibility index (Phi) is 4.62. The topological polar surface area (TPSA) is 54.3 Å². The van der Waals surface area contributed by atoms with E-state index in [0.717, 1.165) is 25.5 Å². The van der Waals surface area contributed by atoms with Crippen molar-refractivity contribution in [2.75, 3.05) is 27.7 Å². The summed E-state index contributed by atoms with van der Waals surface area (Å²) >= 11 is 0. The van der Waals surface area contributed by atoms with E-state index in [-0.39, 0.29) is 5.91 Å². The van der Waals surface area contributed by atoms with Crippen LogP contribution in [0.4, 0.5) is 0 Å². The standard InChI is InChI=1S/C9H15N5O.C2H6/c1-12(2)9(15)8-10-7-6-13(3)4-5-14(7)11-8;1-2/h4-6H2,1-3H3;1-2H3. The molecule has 6 nitrogen and oxygen atoms in total. The first-order valence-electron chi connectivity index (χ1n) is 5.92. The molecule has 0 spiro atoms. The third kappa shape index (κ3) is 3.03. The summed E-state index contributed by atoms with van der Waals surface area (Å²) < 4.78 is 1.82. The Morgan fingerprint density at radius 1 is 1.29 bits per heavy atom. The maximum atomic E-state index is 11.6. The van der Waals surface area contributed by atoms with Crippen molar-refractivity contribution < 1.29 is 4.79 Å². The second kappa shape index (κ2) is 5.77. The molecule has 0 fully saturated rings. The van der Waals surface area contributed by atoms with E-state index in [0.29, 0.717) is 5.82 Å². The van der Waals surface area contributed by atoms with Crippen molar-refractivity contribution in [1.82, 2.24) is 24.6 Å². The largest absolute Gasteiger partial charge is 0.342 e. The number of rotatable bonds is 1. The minimum Gasteiger partial charge on any atom is -0.342 e. The van der Waals surface area contributed by atoms with Crippen LogP contribution in [-0.2, 0) is 13.1 Å². The summed E-state index contributed by atoms with van der Waals surface area (Å²) in [6, 6.07) is 0. The first-order chi connectivity index (χ1) is 8.08. The van der Waals surface area contributed by atoms with Crippen LogP contribution in [0.5, 0.6) is 0 Å². The van der Waals surface area contributed by atoms with Gasteiger partial charge in [-0.25, -0.2) is 9.67 Å². The van der Waals surface area contributed by atoms with Crippen LogP contribution >= 0.6 is 0 Å². The lowest BCUT2D eigenvalue weighted by Gasteiger charge is -2.21. The Morgan fingerprint density at radius 2 is 1.94 bits per heavy atom. The maximum Gasteiger partial charge on any atom is 0.293 e. The molecule has 2 rings (SSSR count). The summed E-state index contributed by atoms with van der Waals surface area (Å²) in [4.78, 5) is 19.5.